The number of unbranched alkanes of at least 4 members (excludes halogenated alkanes) is 1. The van der Waals surface area contributed by atoms with Crippen LogP contribution in [0.4, 0.5) is 0 Å². The average Bonchev–Trinajstić information content (AvgIpc) is 2.55. The summed E-state index contributed by atoms with van der Waals surface area (Å²) in [5.74, 6) is -2.65. The van der Waals surface area contributed by atoms with Crippen molar-refractivity contribution in [3.8, 4) is 0 Å². The highest BCUT2D eigenvalue weighted by molar-refractivity contribution is 6.48. The van der Waals surface area contributed by atoms with Gasteiger partial charge in [-0.1, -0.05) is 6.42 Å². The Hall–Kier alpha value is -1.71. The highest BCUT2D eigenvalue weighted by Crippen LogP contribution is 2.04. The molecule has 0 rings (SSSR count). The van der Waals surface area contributed by atoms with E-state index in [9.17, 15) is 14.4 Å². The van der Waals surface area contributed by atoms with Crippen LogP contribution in [0, 0.1) is 5.41 Å². The Bertz CT molecular complexity index is 446. The normalized spacial score (nSPS) is 13.0. The number of rotatable bonds is 13. The van der Waals surface area contributed by atoms with Crippen LogP contribution in [0.25, 0.3) is 0 Å². The van der Waals surface area contributed by atoms with Crippen molar-refractivity contribution in [3.63, 3.8) is 0 Å². The Morgan fingerprint density at radius 3 is 2.33 bits per heavy atom. The van der Waals surface area contributed by atoms with Gasteiger partial charge in [0.2, 0.25) is 17.5 Å². The summed E-state index contributed by atoms with van der Waals surface area (Å²) in [4.78, 5) is 35.6. The molecule has 0 aromatic carbocycles. The van der Waals surface area contributed by atoms with Gasteiger partial charge in [0.25, 0.3) is 0 Å². The number of nitrogens with one attached hydrogen (secondary N) is 3. The molecule has 0 spiro atoms. The van der Waals surface area contributed by atoms with E-state index in [1.165, 1.54) is 0 Å². The van der Waals surface area contributed by atoms with Crippen molar-refractivity contribution >= 4 is 35.0 Å². The van der Waals surface area contributed by atoms with Gasteiger partial charge in [-0.2, -0.15) is 0 Å². The summed E-state index contributed by atoms with van der Waals surface area (Å²) >= 11 is 5.40. The summed E-state index contributed by atoms with van der Waals surface area (Å²) in [7, 11) is 0. The minimum absolute atomic E-state index is 0.194. The molecule has 0 aromatic heterocycles. The van der Waals surface area contributed by atoms with Crippen LogP contribution >= 0.6 is 11.6 Å². The molecule has 0 unspecified atom stereocenters. The van der Waals surface area contributed by atoms with Crippen molar-refractivity contribution in [1.82, 2.24) is 10.6 Å². The highest BCUT2D eigenvalue weighted by atomic mass is 35.5. The number of hydrogen-bond acceptors (Lipinski definition) is 6. The average molecular weight is 363 g/mol. The Balaban J connectivity index is 4.61. The third-order valence-electron chi connectivity index (χ3n) is 3.32. The molecule has 0 bridgehead atoms. The van der Waals surface area contributed by atoms with Crippen LogP contribution < -0.4 is 27.8 Å². The fourth-order valence-electron chi connectivity index (χ4n) is 1.98. The first kappa shape index (κ1) is 22.3. The first-order chi connectivity index (χ1) is 11.3. The van der Waals surface area contributed by atoms with E-state index in [0.717, 1.165) is 6.42 Å². The number of halogens is 1. The predicted octanol–water partition coefficient (Wildman–Crippen LogP) is -1.43. The number of amides is 1. The molecule has 24 heavy (non-hydrogen) atoms. The van der Waals surface area contributed by atoms with Gasteiger partial charge in [0, 0.05) is 6.54 Å². The van der Waals surface area contributed by atoms with E-state index < -0.39 is 35.4 Å². The number of hydrogen-bond donors (Lipinski definition) is 6. The number of guanidine groups is 1. The fourth-order valence-corrected chi connectivity index (χ4v) is 2.11. The Labute approximate surface area is 146 Å². The van der Waals surface area contributed by atoms with Gasteiger partial charge >= 0.3 is 0 Å². The second kappa shape index (κ2) is 12.7. The van der Waals surface area contributed by atoms with E-state index in [4.69, 9.17) is 34.2 Å². The molecule has 9 nitrogen and oxygen atoms in total. The second-order valence-electron chi connectivity index (χ2n) is 5.36. The van der Waals surface area contributed by atoms with Crippen LogP contribution in [0.15, 0.2) is 0 Å². The van der Waals surface area contributed by atoms with Crippen LogP contribution in [-0.4, -0.2) is 54.5 Å². The quantitative estimate of drug-likeness (QED) is 0.0763. The molecule has 0 aromatic rings. The zero-order chi connectivity index (χ0) is 18.5. The first-order valence-electron chi connectivity index (χ1n) is 7.80. The van der Waals surface area contributed by atoms with E-state index in [1.807, 2.05) is 0 Å². The molecule has 9 N–H and O–H groups in total. The summed E-state index contributed by atoms with van der Waals surface area (Å²) in [6.07, 6.45) is 2.54. The van der Waals surface area contributed by atoms with Crippen LogP contribution in [0.2, 0.25) is 0 Å². The van der Waals surface area contributed by atoms with Crippen LogP contribution in [0.3, 0.4) is 0 Å². The van der Waals surface area contributed by atoms with E-state index in [-0.39, 0.29) is 12.4 Å². The Morgan fingerprint density at radius 2 is 1.79 bits per heavy atom. The van der Waals surface area contributed by atoms with Crippen LogP contribution in [-0.2, 0) is 14.4 Å². The van der Waals surface area contributed by atoms with Gasteiger partial charge in [-0.15, -0.1) is 11.6 Å². The molecule has 138 valence electrons. The summed E-state index contributed by atoms with van der Waals surface area (Å²) in [6, 6.07) is -1.76. The van der Waals surface area contributed by atoms with Gasteiger partial charge in [-0.05, 0) is 32.2 Å². The predicted molar refractivity (Wildman–Crippen MR) is 92.7 cm³/mol. The smallest absolute Gasteiger partial charge is 0.237 e. The molecule has 0 radical (unpaired) electrons. The molecule has 0 fully saturated rings. The molecule has 0 saturated carbocycles. The first-order valence-corrected chi connectivity index (χ1v) is 8.33. The third-order valence-corrected chi connectivity index (χ3v) is 3.56. The number of alkyl halides is 1. The SMILES string of the molecule is N=C(N)NCCC[C@H](NC(=O)[C@@H](N)CCCCN)C(=O)C(=O)CCl. The maximum absolute atomic E-state index is 12.1. The number of ketones is 2. The minimum Gasteiger partial charge on any atom is -0.370 e. The minimum atomic E-state index is -0.988. The summed E-state index contributed by atoms with van der Waals surface area (Å²) in [6.45, 7) is 0.857. The van der Waals surface area contributed by atoms with Crippen molar-refractivity contribution in [3.05, 3.63) is 0 Å². The summed E-state index contributed by atoms with van der Waals surface area (Å²) in [5.41, 5.74) is 16.3. The lowest BCUT2D eigenvalue weighted by atomic mass is 10.0. The number of Topliss-reactive ketones (excluding diaryl/α,β-unsaturated/α-hetero) is 2. The molecule has 0 heterocycles. The van der Waals surface area contributed by atoms with Gasteiger partial charge in [0.15, 0.2) is 5.96 Å². The van der Waals surface area contributed by atoms with Gasteiger partial charge in [0.1, 0.15) is 0 Å². The molecular weight excluding hydrogens is 336 g/mol. The van der Waals surface area contributed by atoms with Gasteiger partial charge < -0.3 is 27.8 Å². The topological polar surface area (TPSA) is 177 Å². The zero-order valence-electron chi connectivity index (χ0n) is 13.6. The number of carbonyl (C=O) groups excluding carboxylic acids is 3. The standard InChI is InChI=1S/C14H27ClN6O3/c15-8-11(22)12(23)10(5-3-7-20-14(18)19)21-13(24)9(17)4-1-2-6-16/h9-10H,1-8,16-17H2,(H,21,24)(H4,18,19,20)/t9-,10-/m0/s1. The maximum atomic E-state index is 12.1. The van der Waals surface area contributed by atoms with E-state index in [0.29, 0.717) is 32.4 Å². The van der Waals surface area contributed by atoms with Crippen molar-refractivity contribution < 1.29 is 14.4 Å². The number of nitrogens with two attached hydrogens (primary N) is 3. The molecule has 0 aliphatic carbocycles. The molecule has 0 saturated heterocycles. The van der Waals surface area contributed by atoms with Gasteiger partial charge in [-0.3, -0.25) is 19.8 Å². The molecule has 2 atom stereocenters. The van der Waals surface area contributed by atoms with Crippen LogP contribution in [0.5, 0.6) is 0 Å². The fraction of sp³-hybridized carbons (Fsp3) is 0.714. The van der Waals surface area contributed by atoms with Gasteiger partial charge in [0.05, 0.1) is 18.0 Å². The van der Waals surface area contributed by atoms with Crippen molar-refractivity contribution in [2.75, 3.05) is 19.0 Å². The van der Waals surface area contributed by atoms with E-state index >= 15 is 0 Å². The third kappa shape index (κ3) is 9.43. The Kier molecular flexibility index (Phi) is 11.8. The second-order valence-corrected chi connectivity index (χ2v) is 5.62. The lowest BCUT2D eigenvalue weighted by Gasteiger charge is -2.19. The maximum Gasteiger partial charge on any atom is 0.237 e. The summed E-state index contributed by atoms with van der Waals surface area (Å²) < 4.78 is 0. The Morgan fingerprint density at radius 1 is 1.12 bits per heavy atom. The molecule has 0 aliphatic heterocycles. The monoisotopic (exact) mass is 362 g/mol. The molecular formula is C14H27ClN6O3. The highest BCUT2D eigenvalue weighted by Gasteiger charge is 2.27. The molecule has 10 heteroatoms. The zero-order valence-corrected chi connectivity index (χ0v) is 14.4. The van der Waals surface area contributed by atoms with Crippen LogP contribution in [0.1, 0.15) is 32.1 Å². The van der Waals surface area contributed by atoms with Crippen molar-refractivity contribution in [2.45, 2.75) is 44.2 Å². The number of carbonyl (C=O) groups is 3. The largest absolute Gasteiger partial charge is 0.370 e. The van der Waals surface area contributed by atoms with Crippen molar-refractivity contribution in [1.29, 1.82) is 5.41 Å². The van der Waals surface area contributed by atoms with E-state index in [2.05, 4.69) is 10.6 Å². The van der Waals surface area contributed by atoms with Gasteiger partial charge in [-0.25, -0.2) is 0 Å². The lowest BCUT2D eigenvalue weighted by Crippen LogP contribution is -2.50. The molecule has 0 aliphatic rings. The van der Waals surface area contributed by atoms with E-state index in [1.54, 1.807) is 0 Å². The van der Waals surface area contributed by atoms with Crippen molar-refractivity contribution in [2.24, 2.45) is 17.2 Å². The summed E-state index contributed by atoms with van der Waals surface area (Å²) in [5, 5.41) is 12.1. The lowest BCUT2D eigenvalue weighted by molar-refractivity contribution is -0.138. The molecule has 1 amide bonds.